The zero-order valence-electron chi connectivity index (χ0n) is 5.57. The van der Waals surface area contributed by atoms with Crippen LogP contribution in [-0.4, -0.2) is 6.54 Å². The van der Waals surface area contributed by atoms with Gasteiger partial charge in [-0.1, -0.05) is 20.4 Å². The Morgan fingerprint density at radius 2 is 2.25 bits per heavy atom. The molecule has 0 bridgehead atoms. The summed E-state index contributed by atoms with van der Waals surface area (Å²) in [4.78, 5) is 0. The molecule has 1 aliphatic rings. The van der Waals surface area contributed by atoms with E-state index in [0.29, 0.717) is 5.92 Å². The fourth-order valence-corrected chi connectivity index (χ4v) is 0.973. The number of hydrogen-bond acceptors (Lipinski definition) is 1. The van der Waals surface area contributed by atoms with Crippen molar-refractivity contribution in [1.82, 2.24) is 5.32 Å². The van der Waals surface area contributed by atoms with Crippen LogP contribution in [0, 0.1) is 11.8 Å². The molecule has 0 saturated carbocycles. The second-order valence-corrected chi connectivity index (χ2v) is 2.67. The summed E-state index contributed by atoms with van der Waals surface area (Å²) in [5, 5.41) is 3.22. The van der Waals surface area contributed by atoms with Crippen LogP contribution >= 0.6 is 0 Å². The molecule has 0 amide bonds. The van der Waals surface area contributed by atoms with Gasteiger partial charge in [-0.15, -0.1) is 0 Å². The summed E-state index contributed by atoms with van der Waals surface area (Å²) in [5.74, 6) is 1.46. The normalized spacial score (nSPS) is 37.5. The third-order valence-corrected chi connectivity index (χ3v) is 2.05. The Hall–Kier alpha value is -0.460. The molecular formula is C7H13N. The topological polar surface area (TPSA) is 12.0 Å². The van der Waals surface area contributed by atoms with E-state index in [4.69, 9.17) is 0 Å². The van der Waals surface area contributed by atoms with Crippen molar-refractivity contribution in [2.24, 2.45) is 11.8 Å². The molecule has 1 heteroatoms. The Labute approximate surface area is 50.8 Å². The van der Waals surface area contributed by atoms with E-state index >= 15 is 0 Å². The van der Waals surface area contributed by atoms with E-state index < -0.39 is 0 Å². The summed E-state index contributed by atoms with van der Waals surface area (Å²) in [7, 11) is 0. The Balaban J connectivity index is 2.56. The highest BCUT2D eigenvalue weighted by Crippen LogP contribution is 2.21. The van der Waals surface area contributed by atoms with Crippen LogP contribution in [0.2, 0.25) is 0 Å². The summed E-state index contributed by atoms with van der Waals surface area (Å²) >= 11 is 0. The van der Waals surface area contributed by atoms with Crippen molar-refractivity contribution in [3.05, 3.63) is 12.3 Å². The van der Waals surface area contributed by atoms with Crippen molar-refractivity contribution in [2.75, 3.05) is 6.54 Å². The maximum atomic E-state index is 3.87. The average molecular weight is 111 g/mol. The van der Waals surface area contributed by atoms with Gasteiger partial charge in [-0.3, -0.25) is 0 Å². The van der Waals surface area contributed by atoms with Crippen LogP contribution in [0.1, 0.15) is 13.8 Å². The monoisotopic (exact) mass is 111 g/mol. The van der Waals surface area contributed by atoms with Gasteiger partial charge in [0.05, 0.1) is 0 Å². The first-order valence-corrected chi connectivity index (χ1v) is 3.14. The molecular weight excluding hydrogens is 98.1 g/mol. The molecule has 0 spiro atoms. The predicted octanol–water partition coefficient (Wildman–Crippen LogP) is 1.38. The van der Waals surface area contributed by atoms with Crippen LogP contribution in [0.3, 0.4) is 0 Å². The van der Waals surface area contributed by atoms with Crippen molar-refractivity contribution in [1.29, 1.82) is 0 Å². The lowest BCUT2D eigenvalue weighted by molar-refractivity contribution is 0.519. The molecule has 2 atom stereocenters. The first kappa shape index (κ1) is 5.67. The molecule has 0 aromatic rings. The average Bonchev–Trinajstić information content (AvgIpc) is 1.98. The summed E-state index contributed by atoms with van der Waals surface area (Å²) in [5.41, 5.74) is 1.21. The summed E-state index contributed by atoms with van der Waals surface area (Å²) in [6.07, 6.45) is 0. The van der Waals surface area contributed by atoms with Gasteiger partial charge in [-0.05, 0) is 11.8 Å². The van der Waals surface area contributed by atoms with Gasteiger partial charge in [0.25, 0.3) is 0 Å². The van der Waals surface area contributed by atoms with Crippen molar-refractivity contribution >= 4 is 0 Å². The van der Waals surface area contributed by atoms with E-state index in [0.717, 1.165) is 12.5 Å². The molecule has 1 fully saturated rings. The summed E-state index contributed by atoms with van der Waals surface area (Å²) < 4.78 is 0. The molecule has 0 unspecified atom stereocenters. The lowest BCUT2D eigenvalue weighted by atomic mass is 9.99. The minimum Gasteiger partial charge on any atom is -0.388 e. The van der Waals surface area contributed by atoms with Gasteiger partial charge in [-0.25, -0.2) is 0 Å². The van der Waals surface area contributed by atoms with E-state index in [1.807, 2.05) is 0 Å². The quantitative estimate of drug-likeness (QED) is 0.498. The number of hydrogen-bond donors (Lipinski definition) is 1. The fraction of sp³-hybridized carbons (Fsp3) is 0.714. The van der Waals surface area contributed by atoms with Gasteiger partial charge in [0, 0.05) is 12.2 Å². The second-order valence-electron chi connectivity index (χ2n) is 2.67. The van der Waals surface area contributed by atoms with E-state index in [1.54, 1.807) is 0 Å². The molecule has 0 radical (unpaired) electrons. The molecule has 1 N–H and O–H groups in total. The molecule has 1 aliphatic heterocycles. The van der Waals surface area contributed by atoms with Gasteiger partial charge in [0.1, 0.15) is 0 Å². The maximum absolute atomic E-state index is 3.87. The summed E-state index contributed by atoms with van der Waals surface area (Å²) in [6.45, 7) is 9.45. The largest absolute Gasteiger partial charge is 0.388 e. The summed E-state index contributed by atoms with van der Waals surface area (Å²) in [6, 6.07) is 0. The first-order chi connectivity index (χ1) is 3.72. The molecule has 1 rings (SSSR count). The Morgan fingerprint density at radius 1 is 1.62 bits per heavy atom. The second kappa shape index (κ2) is 1.81. The Bertz CT molecular complexity index is 107. The highest BCUT2D eigenvalue weighted by atomic mass is 14.9. The third kappa shape index (κ3) is 0.726. The molecule has 1 nitrogen and oxygen atoms in total. The van der Waals surface area contributed by atoms with E-state index in [2.05, 4.69) is 25.7 Å². The van der Waals surface area contributed by atoms with Crippen LogP contribution in [0.15, 0.2) is 12.3 Å². The van der Waals surface area contributed by atoms with Crippen LogP contribution in [0.5, 0.6) is 0 Å². The maximum Gasteiger partial charge on any atom is 0.0175 e. The van der Waals surface area contributed by atoms with E-state index in [1.165, 1.54) is 5.70 Å². The van der Waals surface area contributed by atoms with E-state index in [-0.39, 0.29) is 0 Å². The van der Waals surface area contributed by atoms with Gasteiger partial charge in [0.15, 0.2) is 0 Å². The van der Waals surface area contributed by atoms with Gasteiger partial charge in [0.2, 0.25) is 0 Å². The third-order valence-electron chi connectivity index (χ3n) is 2.05. The highest BCUT2D eigenvalue weighted by molar-refractivity contribution is 5.04. The lowest BCUT2D eigenvalue weighted by Gasteiger charge is -2.04. The number of rotatable bonds is 0. The SMILES string of the molecule is C=C1NC[C@@H](C)[C@H]1C. The molecule has 0 aromatic heterocycles. The minimum absolute atomic E-state index is 0.676. The fourth-order valence-electron chi connectivity index (χ4n) is 0.973. The van der Waals surface area contributed by atoms with Crippen LogP contribution in [-0.2, 0) is 0 Å². The zero-order valence-corrected chi connectivity index (χ0v) is 5.57. The molecule has 0 aliphatic carbocycles. The Kier molecular flexibility index (Phi) is 1.28. The molecule has 8 heavy (non-hydrogen) atoms. The molecule has 1 heterocycles. The number of nitrogens with one attached hydrogen (secondary N) is 1. The van der Waals surface area contributed by atoms with Gasteiger partial charge < -0.3 is 5.32 Å². The van der Waals surface area contributed by atoms with E-state index in [9.17, 15) is 0 Å². The first-order valence-electron chi connectivity index (χ1n) is 3.14. The minimum atomic E-state index is 0.676. The van der Waals surface area contributed by atoms with Crippen molar-refractivity contribution < 1.29 is 0 Å². The van der Waals surface area contributed by atoms with Crippen molar-refractivity contribution in [3.8, 4) is 0 Å². The van der Waals surface area contributed by atoms with Crippen molar-refractivity contribution in [3.63, 3.8) is 0 Å². The van der Waals surface area contributed by atoms with Crippen LogP contribution in [0.4, 0.5) is 0 Å². The Morgan fingerprint density at radius 3 is 2.38 bits per heavy atom. The smallest absolute Gasteiger partial charge is 0.0175 e. The van der Waals surface area contributed by atoms with Crippen LogP contribution in [0.25, 0.3) is 0 Å². The van der Waals surface area contributed by atoms with Gasteiger partial charge in [-0.2, -0.15) is 0 Å². The predicted molar refractivity (Wildman–Crippen MR) is 35.5 cm³/mol. The molecule has 0 aromatic carbocycles. The standard InChI is InChI=1S/C7H13N/c1-5-4-8-7(3)6(5)2/h5-6,8H,3-4H2,1-2H3/t5-,6-/m1/s1. The highest BCUT2D eigenvalue weighted by Gasteiger charge is 2.21. The molecule has 46 valence electrons. The van der Waals surface area contributed by atoms with Crippen molar-refractivity contribution in [2.45, 2.75) is 13.8 Å². The van der Waals surface area contributed by atoms with Gasteiger partial charge >= 0.3 is 0 Å². The lowest BCUT2D eigenvalue weighted by Crippen LogP contribution is -2.04. The zero-order chi connectivity index (χ0) is 6.15. The number of allylic oxidation sites excluding steroid dienone is 1. The van der Waals surface area contributed by atoms with Crippen LogP contribution < -0.4 is 5.32 Å². The molecule has 1 saturated heterocycles.